The van der Waals surface area contributed by atoms with Crippen LogP contribution in [0.5, 0.6) is 0 Å². The minimum absolute atomic E-state index is 0.191. The third kappa shape index (κ3) is 1.75. The van der Waals surface area contributed by atoms with Gasteiger partial charge in [-0.2, -0.15) is 0 Å². The lowest BCUT2D eigenvalue weighted by Gasteiger charge is -1.92. The Bertz CT molecular complexity index is 209. The summed E-state index contributed by atoms with van der Waals surface area (Å²) in [5.41, 5.74) is 0. The molecule has 48 valence electrons. The molecule has 0 bridgehead atoms. The van der Waals surface area contributed by atoms with Gasteiger partial charge in [-0.3, -0.25) is 0 Å². The van der Waals surface area contributed by atoms with Crippen LogP contribution in [-0.4, -0.2) is 0 Å². The lowest BCUT2D eigenvalue weighted by molar-refractivity contribution is 1.70. The van der Waals surface area contributed by atoms with Gasteiger partial charge in [0, 0.05) is 5.02 Å². The second-order valence-corrected chi connectivity index (χ2v) is 2.70. The molecule has 1 aromatic rings. The van der Waals surface area contributed by atoms with Gasteiger partial charge in [0.2, 0.25) is 0 Å². The van der Waals surface area contributed by atoms with Crippen molar-refractivity contribution in [1.29, 1.82) is 0 Å². The van der Waals surface area contributed by atoms with Gasteiger partial charge in [-0.05, 0) is 18.2 Å². The molecular formula is C6H3Cl3. The highest BCUT2D eigenvalue weighted by Gasteiger charge is 1.94. The SMILES string of the molecule is [2H]c1cc(Cl)c(Cl)cc1Cl. The lowest BCUT2D eigenvalue weighted by atomic mass is 10.4. The molecule has 0 radical (unpaired) electrons. The first-order chi connectivity index (χ1) is 4.61. The highest BCUT2D eigenvalue weighted by molar-refractivity contribution is 6.43. The van der Waals surface area contributed by atoms with E-state index < -0.39 is 0 Å². The van der Waals surface area contributed by atoms with Crippen molar-refractivity contribution in [2.45, 2.75) is 0 Å². The predicted molar refractivity (Wildman–Crippen MR) is 41.5 cm³/mol. The van der Waals surface area contributed by atoms with Crippen LogP contribution < -0.4 is 0 Å². The second kappa shape index (κ2) is 2.78. The Labute approximate surface area is 69.7 Å². The standard InChI is InChI=1S/C6H3Cl3/c7-4-1-2-5(8)6(9)3-4/h1-3H/i1D. The number of hydrogen-bond acceptors (Lipinski definition) is 0. The summed E-state index contributed by atoms with van der Waals surface area (Å²) in [5, 5.41) is 1.05. The van der Waals surface area contributed by atoms with Crippen molar-refractivity contribution in [3.63, 3.8) is 0 Å². The van der Waals surface area contributed by atoms with Crippen molar-refractivity contribution in [3.05, 3.63) is 33.2 Å². The van der Waals surface area contributed by atoms with Crippen LogP contribution in [0.4, 0.5) is 0 Å². The summed E-state index contributed by atoms with van der Waals surface area (Å²) in [5.74, 6) is 0. The first-order valence-corrected chi connectivity index (χ1v) is 3.36. The molecule has 0 saturated carbocycles. The third-order valence-electron chi connectivity index (χ3n) is 0.818. The van der Waals surface area contributed by atoms with Crippen molar-refractivity contribution in [1.82, 2.24) is 0 Å². The molecule has 0 spiro atoms. The van der Waals surface area contributed by atoms with Crippen LogP contribution in [0.25, 0.3) is 0 Å². The van der Waals surface area contributed by atoms with Crippen LogP contribution >= 0.6 is 34.8 Å². The number of halogens is 3. The molecule has 0 aromatic heterocycles. The normalized spacial score (nSPS) is 11.2. The van der Waals surface area contributed by atoms with E-state index in [2.05, 4.69) is 0 Å². The van der Waals surface area contributed by atoms with E-state index in [1.54, 1.807) is 0 Å². The molecule has 1 aromatic carbocycles. The van der Waals surface area contributed by atoms with E-state index in [4.69, 9.17) is 36.2 Å². The maximum absolute atomic E-state index is 7.18. The topological polar surface area (TPSA) is 0 Å². The number of hydrogen-bond donors (Lipinski definition) is 0. The Morgan fingerprint density at radius 2 is 1.89 bits per heavy atom. The lowest BCUT2D eigenvalue weighted by Crippen LogP contribution is -1.66. The molecule has 0 amide bonds. The molecule has 0 aliphatic carbocycles. The van der Waals surface area contributed by atoms with Crippen molar-refractivity contribution >= 4 is 34.8 Å². The zero-order valence-electron chi connectivity index (χ0n) is 5.29. The van der Waals surface area contributed by atoms with E-state index in [1.807, 2.05) is 0 Å². The first-order valence-electron chi connectivity index (χ1n) is 2.72. The summed E-state index contributed by atoms with van der Waals surface area (Å²) in [6, 6.07) is 3.05. The van der Waals surface area contributed by atoms with E-state index in [1.165, 1.54) is 12.1 Å². The Hall–Kier alpha value is 0.0900. The highest BCUT2D eigenvalue weighted by Crippen LogP contribution is 2.24. The molecule has 0 nitrogen and oxygen atoms in total. The summed E-state index contributed by atoms with van der Waals surface area (Å²) < 4.78 is 7.18. The Kier molecular flexibility index (Phi) is 1.81. The Balaban J connectivity index is 3.28. The van der Waals surface area contributed by atoms with E-state index in [-0.39, 0.29) is 6.04 Å². The van der Waals surface area contributed by atoms with E-state index in [0.717, 1.165) is 0 Å². The zero-order valence-corrected chi connectivity index (χ0v) is 6.56. The van der Waals surface area contributed by atoms with Gasteiger partial charge in [0.1, 0.15) is 0 Å². The molecule has 0 N–H and O–H groups in total. The fourth-order valence-corrected chi connectivity index (χ4v) is 0.915. The van der Waals surface area contributed by atoms with Crippen LogP contribution in [-0.2, 0) is 0 Å². The third-order valence-corrected chi connectivity index (χ3v) is 1.76. The molecule has 0 fully saturated rings. The van der Waals surface area contributed by atoms with Crippen LogP contribution in [0.15, 0.2) is 18.2 Å². The van der Waals surface area contributed by atoms with Crippen LogP contribution in [0, 0.1) is 0 Å². The first kappa shape index (κ1) is 5.84. The van der Waals surface area contributed by atoms with Crippen LogP contribution in [0.1, 0.15) is 1.37 Å². The Morgan fingerprint density at radius 3 is 2.44 bits per heavy atom. The van der Waals surface area contributed by atoms with Gasteiger partial charge in [-0.25, -0.2) is 0 Å². The van der Waals surface area contributed by atoms with E-state index >= 15 is 0 Å². The van der Waals surface area contributed by atoms with E-state index in [0.29, 0.717) is 15.1 Å². The van der Waals surface area contributed by atoms with Gasteiger partial charge in [0.25, 0.3) is 0 Å². The monoisotopic (exact) mass is 181 g/mol. The summed E-state index contributed by atoms with van der Waals surface area (Å²) >= 11 is 16.7. The van der Waals surface area contributed by atoms with Crippen molar-refractivity contribution in [2.24, 2.45) is 0 Å². The van der Waals surface area contributed by atoms with Gasteiger partial charge >= 0.3 is 0 Å². The number of benzene rings is 1. The summed E-state index contributed by atoms with van der Waals surface area (Å²) in [7, 11) is 0. The molecule has 0 heterocycles. The molecular weight excluding hydrogens is 178 g/mol. The second-order valence-electron chi connectivity index (χ2n) is 1.48. The Morgan fingerprint density at radius 1 is 1.22 bits per heavy atom. The molecule has 0 aliphatic rings. The summed E-state index contributed by atoms with van der Waals surface area (Å²) in [6.07, 6.45) is 0. The minimum Gasteiger partial charge on any atom is -0.0843 e. The fraction of sp³-hybridized carbons (Fsp3) is 0. The molecule has 0 saturated heterocycles. The molecule has 0 unspecified atom stereocenters. The predicted octanol–water partition coefficient (Wildman–Crippen LogP) is 3.65. The fourth-order valence-electron chi connectivity index (χ4n) is 0.423. The quantitative estimate of drug-likeness (QED) is 0.537. The van der Waals surface area contributed by atoms with Gasteiger partial charge < -0.3 is 0 Å². The molecule has 0 atom stereocenters. The smallest absolute Gasteiger partial charge is 0.0639 e. The summed E-state index contributed by atoms with van der Waals surface area (Å²) in [4.78, 5) is 0. The van der Waals surface area contributed by atoms with Gasteiger partial charge in [0.05, 0.1) is 11.4 Å². The average molecular weight is 182 g/mol. The van der Waals surface area contributed by atoms with Gasteiger partial charge in [-0.1, -0.05) is 34.8 Å². The molecule has 9 heavy (non-hydrogen) atoms. The van der Waals surface area contributed by atoms with E-state index in [9.17, 15) is 0 Å². The highest BCUT2D eigenvalue weighted by atomic mass is 35.5. The maximum Gasteiger partial charge on any atom is 0.0639 e. The van der Waals surface area contributed by atoms with Gasteiger partial charge in [0.15, 0.2) is 0 Å². The molecule has 1 rings (SSSR count). The van der Waals surface area contributed by atoms with Crippen LogP contribution in [0.2, 0.25) is 15.1 Å². The molecule has 3 heteroatoms. The zero-order chi connectivity index (χ0) is 7.72. The maximum atomic E-state index is 7.18. The van der Waals surface area contributed by atoms with Gasteiger partial charge in [-0.15, -0.1) is 0 Å². The minimum atomic E-state index is 0.191. The summed E-state index contributed by atoms with van der Waals surface area (Å²) in [6.45, 7) is 0. The average Bonchev–Trinajstić information content (AvgIpc) is 1.84. The molecule has 0 aliphatic heterocycles. The van der Waals surface area contributed by atoms with Crippen molar-refractivity contribution in [2.75, 3.05) is 0 Å². The number of rotatable bonds is 0. The van der Waals surface area contributed by atoms with Crippen LogP contribution in [0.3, 0.4) is 0 Å². The van der Waals surface area contributed by atoms with Crippen molar-refractivity contribution in [3.8, 4) is 0 Å². The largest absolute Gasteiger partial charge is 0.0843 e. The van der Waals surface area contributed by atoms with Crippen molar-refractivity contribution < 1.29 is 1.37 Å².